The highest BCUT2D eigenvalue weighted by atomic mass is 35.5. The first-order valence-corrected chi connectivity index (χ1v) is 7.31. The molecule has 0 aliphatic heterocycles. The van der Waals surface area contributed by atoms with E-state index in [1.807, 2.05) is 13.0 Å². The van der Waals surface area contributed by atoms with E-state index < -0.39 is 0 Å². The summed E-state index contributed by atoms with van der Waals surface area (Å²) >= 11 is 5.99. The summed E-state index contributed by atoms with van der Waals surface area (Å²) in [6.07, 6.45) is 0. The first-order valence-electron chi connectivity index (χ1n) is 6.93. The Labute approximate surface area is 126 Å². The van der Waals surface area contributed by atoms with E-state index >= 15 is 0 Å². The molecule has 5 heteroatoms. The van der Waals surface area contributed by atoms with Crippen LogP contribution in [0.3, 0.4) is 0 Å². The molecule has 0 fully saturated rings. The number of pyridine rings is 1. The number of aryl methyl sites for hydroxylation is 1. The zero-order valence-corrected chi connectivity index (χ0v) is 13.6. The summed E-state index contributed by atoms with van der Waals surface area (Å²) in [5.74, 6) is 0.721. The summed E-state index contributed by atoms with van der Waals surface area (Å²) in [4.78, 5) is 6.61. The Balaban J connectivity index is 2.65. The minimum atomic E-state index is 0.263. The third-order valence-electron chi connectivity index (χ3n) is 3.29. The molecule has 0 bridgehead atoms. The molecule has 0 saturated heterocycles. The Kier molecular flexibility index (Phi) is 6.25. The zero-order chi connectivity index (χ0) is 15.3. The van der Waals surface area contributed by atoms with Crippen LogP contribution in [0.2, 0.25) is 5.15 Å². The first-order chi connectivity index (χ1) is 9.36. The van der Waals surface area contributed by atoms with E-state index in [9.17, 15) is 0 Å². The van der Waals surface area contributed by atoms with Crippen molar-refractivity contribution < 1.29 is 0 Å². The zero-order valence-electron chi connectivity index (χ0n) is 12.9. The maximum absolute atomic E-state index is 8.96. The minimum absolute atomic E-state index is 0.263. The van der Waals surface area contributed by atoms with Gasteiger partial charge in [0.25, 0.3) is 0 Å². The van der Waals surface area contributed by atoms with Crippen LogP contribution in [0.5, 0.6) is 0 Å². The van der Waals surface area contributed by atoms with E-state index in [0.29, 0.717) is 17.6 Å². The van der Waals surface area contributed by atoms with Gasteiger partial charge in [-0.1, -0.05) is 11.6 Å². The number of rotatable bonds is 6. The molecular formula is C15H23ClN4. The molecule has 110 valence electrons. The normalized spacial score (nSPS) is 11.2. The lowest BCUT2D eigenvalue weighted by atomic mass is 10.2. The van der Waals surface area contributed by atoms with E-state index in [0.717, 1.165) is 24.5 Å². The number of nitriles is 1. The van der Waals surface area contributed by atoms with Crippen LogP contribution in [0, 0.1) is 18.3 Å². The predicted octanol–water partition coefficient (Wildman–Crippen LogP) is 3.45. The molecule has 4 nitrogen and oxygen atoms in total. The van der Waals surface area contributed by atoms with Crippen molar-refractivity contribution in [3.05, 3.63) is 22.3 Å². The van der Waals surface area contributed by atoms with Gasteiger partial charge >= 0.3 is 0 Å². The molecule has 0 aliphatic carbocycles. The largest absolute Gasteiger partial charge is 0.369 e. The summed E-state index contributed by atoms with van der Waals surface area (Å²) in [6, 6.07) is 4.95. The number of hydrogen-bond acceptors (Lipinski definition) is 4. The van der Waals surface area contributed by atoms with Crippen molar-refractivity contribution in [2.75, 3.05) is 18.4 Å². The van der Waals surface area contributed by atoms with Gasteiger partial charge in [-0.05, 0) is 46.2 Å². The molecule has 1 aromatic heterocycles. The van der Waals surface area contributed by atoms with Gasteiger partial charge in [0.2, 0.25) is 0 Å². The average molecular weight is 295 g/mol. The van der Waals surface area contributed by atoms with E-state index in [4.69, 9.17) is 16.9 Å². The molecule has 20 heavy (non-hydrogen) atoms. The molecule has 0 saturated carbocycles. The number of hydrogen-bond donors (Lipinski definition) is 1. The van der Waals surface area contributed by atoms with Gasteiger partial charge in [0.1, 0.15) is 17.0 Å². The van der Waals surface area contributed by atoms with Gasteiger partial charge in [-0.3, -0.25) is 4.90 Å². The van der Waals surface area contributed by atoms with E-state index in [-0.39, 0.29) is 5.15 Å². The first kappa shape index (κ1) is 16.7. The average Bonchev–Trinajstić information content (AvgIpc) is 2.33. The topological polar surface area (TPSA) is 52.0 Å². The Hall–Kier alpha value is -1.31. The second-order valence-corrected chi connectivity index (χ2v) is 5.81. The number of halogens is 1. The summed E-state index contributed by atoms with van der Waals surface area (Å²) < 4.78 is 0. The van der Waals surface area contributed by atoms with Crippen LogP contribution >= 0.6 is 11.6 Å². The number of nitrogens with one attached hydrogen (secondary N) is 1. The van der Waals surface area contributed by atoms with Gasteiger partial charge < -0.3 is 5.32 Å². The predicted molar refractivity (Wildman–Crippen MR) is 84.2 cm³/mol. The van der Waals surface area contributed by atoms with Gasteiger partial charge in [0.15, 0.2) is 0 Å². The lowest BCUT2D eigenvalue weighted by Crippen LogP contribution is -2.40. The maximum atomic E-state index is 8.96. The summed E-state index contributed by atoms with van der Waals surface area (Å²) in [7, 11) is 0. The third-order valence-corrected chi connectivity index (χ3v) is 3.56. The van der Waals surface area contributed by atoms with Crippen LogP contribution in [0.4, 0.5) is 5.82 Å². The van der Waals surface area contributed by atoms with Gasteiger partial charge in [-0.2, -0.15) is 5.26 Å². The van der Waals surface area contributed by atoms with E-state index in [1.54, 1.807) is 0 Å². The Morgan fingerprint density at radius 2 is 1.95 bits per heavy atom. The second-order valence-electron chi connectivity index (χ2n) is 5.45. The maximum Gasteiger partial charge on any atom is 0.149 e. The summed E-state index contributed by atoms with van der Waals surface area (Å²) in [5.41, 5.74) is 1.29. The monoisotopic (exact) mass is 294 g/mol. The molecule has 1 N–H and O–H groups in total. The lowest BCUT2D eigenvalue weighted by Gasteiger charge is -2.30. The van der Waals surface area contributed by atoms with E-state index in [1.165, 1.54) is 0 Å². The van der Waals surface area contributed by atoms with E-state index in [2.05, 4.69) is 49.0 Å². The molecule has 0 atom stereocenters. The van der Waals surface area contributed by atoms with Crippen molar-refractivity contribution in [1.82, 2.24) is 9.88 Å². The third kappa shape index (κ3) is 4.36. The van der Waals surface area contributed by atoms with Crippen LogP contribution in [0.1, 0.15) is 38.8 Å². The smallest absolute Gasteiger partial charge is 0.149 e. The highest BCUT2D eigenvalue weighted by molar-refractivity contribution is 6.30. The summed E-state index contributed by atoms with van der Waals surface area (Å²) in [5, 5.41) is 12.5. The summed E-state index contributed by atoms with van der Waals surface area (Å²) in [6.45, 7) is 12.4. The second kappa shape index (κ2) is 7.47. The lowest BCUT2D eigenvalue weighted by molar-refractivity contribution is 0.182. The molecule has 1 rings (SSSR count). The van der Waals surface area contributed by atoms with Crippen molar-refractivity contribution in [2.24, 2.45) is 0 Å². The fourth-order valence-electron chi connectivity index (χ4n) is 2.28. The van der Waals surface area contributed by atoms with Crippen molar-refractivity contribution in [1.29, 1.82) is 5.26 Å². The van der Waals surface area contributed by atoms with Crippen molar-refractivity contribution in [2.45, 2.75) is 46.7 Å². The van der Waals surface area contributed by atoms with Crippen LogP contribution in [0.15, 0.2) is 6.07 Å². The molecule has 0 aromatic carbocycles. The van der Waals surface area contributed by atoms with Crippen molar-refractivity contribution >= 4 is 17.4 Å². The standard InChI is InChI=1S/C15H23ClN4/c1-10(2)20(11(3)4)7-6-18-14-8-12(5)13(9-17)15(16)19-14/h8,10-11H,6-7H2,1-5H3,(H,18,19). The van der Waals surface area contributed by atoms with Crippen LogP contribution in [0.25, 0.3) is 0 Å². The Bertz CT molecular complexity index is 460. The molecule has 0 radical (unpaired) electrons. The quantitative estimate of drug-likeness (QED) is 0.817. The fraction of sp³-hybridized carbons (Fsp3) is 0.600. The molecule has 0 unspecified atom stereocenters. The van der Waals surface area contributed by atoms with Gasteiger partial charge in [0, 0.05) is 25.2 Å². The molecule has 0 aliphatic rings. The van der Waals surface area contributed by atoms with Crippen LogP contribution < -0.4 is 5.32 Å². The Morgan fingerprint density at radius 1 is 1.35 bits per heavy atom. The molecule has 0 amide bonds. The van der Waals surface area contributed by atoms with Gasteiger partial charge in [-0.15, -0.1) is 0 Å². The highest BCUT2D eigenvalue weighted by Gasteiger charge is 2.13. The molecule has 0 spiro atoms. The van der Waals surface area contributed by atoms with Gasteiger partial charge in [0.05, 0.1) is 5.56 Å². The number of aromatic nitrogens is 1. The van der Waals surface area contributed by atoms with Crippen molar-refractivity contribution in [3.8, 4) is 6.07 Å². The number of nitrogens with zero attached hydrogens (tertiary/aromatic N) is 3. The van der Waals surface area contributed by atoms with Crippen molar-refractivity contribution in [3.63, 3.8) is 0 Å². The Morgan fingerprint density at radius 3 is 2.40 bits per heavy atom. The molecular weight excluding hydrogens is 272 g/mol. The van der Waals surface area contributed by atoms with Crippen LogP contribution in [-0.4, -0.2) is 35.1 Å². The fourth-order valence-corrected chi connectivity index (χ4v) is 2.57. The number of anilines is 1. The minimum Gasteiger partial charge on any atom is -0.369 e. The van der Waals surface area contributed by atoms with Crippen LogP contribution in [-0.2, 0) is 0 Å². The SMILES string of the molecule is Cc1cc(NCCN(C(C)C)C(C)C)nc(Cl)c1C#N. The highest BCUT2D eigenvalue weighted by Crippen LogP contribution is 2.20. The van der Waals surface area contributed by atoms with Gasteiger partial charge in [-0.25, -0.2) is 4.98 Å². The molecule has 1 aromatic rings. The molecule has 1 heterocycles.